The highest BCUT2D eigenvalue weighted by atomic mass is 16.2. The highest BCUT2D eigenvalue weighted by molar-refractivity contribution is 6.65. The molecule has 0 bridgehead atoms. The van der Waals surface area contributed by atoms with Gasteiger partial charge in [-0.05, 0) is 18.8 Å². The second-order valence-electron chi connectivity index (χ2n) is 3.97. The van der Waals surface area contributed by atoms with Gasteiger partial charge in [0, 0.05) is 12.3 Å². The highest BCUT2D eigenvalue weighted by Gasteiger charge is 2.42. The van der Waals surface area contributed by atoms with Crippen molar-refractivity contribution in [1.29, 1.82) is 0 Å². The van der Waals surface area contributed by atoms with Crippen molar-refractivity contribution in [3.63, 3.8) is 0 Å². The summed E-state index contributed by atoms with van der Waals surface area (Å²) in [6, 6.07) is 0. The summed E-state index contributed by atoms with van der Waals surface area (Å²) in [5.74, 6) is -1.58. The molecule has 0 aromatic carbocycles. The van der Waals surface area contributed by atoms with Gasteiger partial charge in [0.25, 0.3) is 5.78 Å². The van der Waals surface area contributed by atoms with Gasteiger partial charge < -0.3 is 0 Å². The van der Waals surface area contributed by atoms with Crippen LogP contribution in [0.5, 0.6) is 0 Å². The first-order chi connectivity index (χ1) is 6.20. The van der Waals surface area contributed by atoms with Crippen molar-refractivity contribution in [3.8, 4) is 0 Å². The molecule has 0 amide bonds. The first-order valence-electron chi connectivity index (χ1n) is 4.81. The van der Waals surface area contributed by atoms with Gasteiger partial charge >= 0.3 is 0 Å². The molecular formula is C10H12O3. The SMILES string of the molecule is O=C1CC2CCCCC2C(=O)C1=O. The van der Waals surface area contributed by atoms with Gasteiger partial charge in [-0.1, -0.05) is 12.8 Å². The van der Waals surface area contributed by atoms with Gasteiger partial charge in [0.05, 0.1) is 0 Å². The summed E-state index contributed by atoms with van der Waals surface area (Å²) in [6.07, 6.45) is 4.18. The van der Waals surface area contributed by atoms with Gasteiger partial charge in [-0.3, -0.25) is 14.4 Å². The Hall–Kier alpha value is -0.990. The number of fused-ring (bicyclic) bond motifs is 1. The van der Waals surface area contributed by atoms with E-state index in [1.54, 1.807) is 0 Å². The smallest absolute Gasteiger partial charge is 0.264 e. The number of rotatable bonds is 0. The van der Waals surface area contributed by atoms with Crippen molar-refractivity contribution >= 4 is 17.3 Å². The van der Waals surface area contributed by atoms with Crippen molar-refractivity contribution in [2.45, 2.75) is 32.1 Å². The Morgan fingerprint density at radius 2 is 1.69 bits per heavy atom. The minimum Gasteiger partial charge on any atom is -0.290 e. The number of ketones is 3. The van der Waals surface area contributed by atoms with Crippen molar-refractivity contribution in [2.75, 3.05) is 0 Å². The predicted molar refractivity (Wildman–Crippen MR) is 45.1 cm³/mol. The zero-order valence-electron chi connectivity index (χ0n) is 7.41. The molecule has 70 valence electrons. The maximum atomic E-state index is 11.4. The summed E-state index contributed by atoms with van der Waals surface area (Å²) >= 11 is 0. The first kappa shape index (κ1) is 8.60. The third-order valence-corrected chi connectivity index (χ3v) is 3.17. The zero-order valence-corrected chi connectivity index (χ0v) is 7.41. The molecule has 0 spiro atoms. The predicted octanol–water partition coefficient (Wildman–Crippen LogP) is 0.904. The second kappa shape index (κ2) is 3.05. The van der Waals surface area contributed by atoms with Gasteiger partial charge in [-0.2, -0.15) is 0 Å². The lowest BCUT2D eigenvalue weighted by Gasteiger charge is -2.32. The molecule has 2 rings (SSSR count). The van der Waals surface area contributed by atoms with Crippen LogP contribution in [-0.4, -0.2) is 17.3 Å². The van der Waals surface area contributed by atoms with Crippen molar-refractivity contribution < 1.29 is 14.4 Å². The molecule has 3 heteroatoms. The molecule has 0 aromatic rings. The Morgan fingerprint density at radius 3 is 2.46 bits per heavy atom. The first-order valence-corrected chi connectivity index (χ1v) is 4.81. The normalized spacial score (nSPS) is 34.6. The Bertz CT molecular complexity index is 280. The van der Waals surface area contributed by atoms with E-state index in [0.29, 0.717) is 6.42 Å². The molecule has 0 aliphatic heterocycles. The number of carbonyl (C=O) groups excluding carboxylic acids is 3. The van der Waals surface area contributed by atoms with Crippen LogP contribution in [0, 0.1) is 11.8 Å². The standard InChI is InChI=1S/C10H12O3/c11-8-5-6-3-1-2-4-7(6)9(12)10(8)13/h6-7H,1-5H2. The van der Waals surface area contributed by atoms with E-state index in [4.69, 9.17) is 0 Å². The van der Waals surface area contributed by atoms with E-state index < -0.39 is 17.3 Å². The van der Waals surface area contributed by atoms with Gasteiger partial charge in [0.2, 0.25) is 11.6 Å². The van der Waals surface area contributed by atoms with E-state index in [0.717, 1.165) is 25.7 Å². The lowest BCUT2D eigenvalue weighted by atomic mass is 9.69. The van der Waals surface area contributed by atoms with Crippen LogP contribution in [0.3, 0.4) is 0 Å². The minimum absolute atomic E-state index is 0.126. The second-order valence-corrected chi connectivity index (χ2v) is 3.97. The van der Waals surface area contributed by atoms with Gasteiger partial charge in [-0.25, -0.2) is 0 Å². The highest BCUT2D eigenvalue weighted by Crippen LogP contribution is 2.36. The molecule has 0 heterocycles. The quantitative estimate of drug-likeness (QED) is 0.520. The molecule has 2 fully saturated rings. The zero-order chi connectivity index (χ0) is 9.42. The molecule has 0 N–H and O–H groups in total. The molecule has 2 saturated carbocycles. The summed E-state index contributed by atoms with van der Waals surface area (Å²) in [7, 11) is 0. The summed E-state index contributed by atoms with van der Waals surface area (Å²) < 4.78 is 0. The molecule has 3 nitrogen and oxygen atoms in total. The number of hydrogen-bond acceptors (Lipinski definition) is 3. The molecular weight excluding hydrogens is 168 g/mol. The maximum absolute atomic E-state index is 11.4. The third kappa shape index (κ3) is 1.32. The van der Waals surface area contributed by atoms with Gasteiger partial charge in [0.15, 0.2) is 0 Å². The number of carbonyl (C=O) groups is 3. The number of hydrogen-bond donors (Lipinski definition) is 0. The van der Waals surface area contributed by atoms with Crippen LogP contribution in [0.1, 0.15) is 32.1 Å². The molecule has 0 radical (unpaired) electrons. The Morgan fingerprint density at radius 1 is 1.00 bits per heavy atom. The average molecular weight is 180 g/mol. The Balaban J connectivity index is 2.22. The molecule has 13 heavy (non-hydrogen) atoms. The fourth-order valence-corrected chi connectivity index (χ4v) is 2.43. The van der Waals surface area contributed by atoms with Crippen LogP contribution in [0.2, 0.25) is 0 Å². The molecule has 2 unspecified atom stereocenters. The molecule has 2 aliphatic rings. The summed E-state index contributed by atoms with van der Waals surface area (Å²) in [6.45, 7) is 0. The Labute approximate surface area is 76.5 Å². The van der Waals surface area contributed by atoms with Crippen LogP contribution in [0.25, 0.3) is 0 Å². The fraction of sp³-hybridized carbons (Fsp3) is 0.700. The van der Waals surface area contributed by atoms with E-state index in [9.17, 15) is 14.4 Å². The van der Waals surface area contributed by atoms with Crippen molar-refractivity contribution in [1.82, 2.24) is 0 Å². The fourth-order valence-electron chi connectivity index (χ4n) is 2.43. The van der Waals surface area contributed by atoms with Crippen LogP contribution >= 0.6 is 0 Å². The van der Waals surface area contributed by atoms with E-state index in [1.807, 2.05) is 0 Å². The topological polar surface area (TPSA) is 51.2 Å². The molecule has 2 atom stereocenters. The molecule has 0 aromatic heterocycles. The summed E-state index contributed by atoms with van der Waals surface area (Å²) in [4.78, 5) is 33.6. The van der Waals surface area contributed by atoms with E-state index in [2.05, 4.69) is 0 Å². The van der Waals surface area contributed by atoms with E-state index >= 15 is 0 Å². The Kier molecular flexibility index (Phi) is 2.02. The van der Waals surface area contributed by atoms with Crippen LogP contribution in [0.15, 0.2) is 0 Å². The third-order valence-electron chi connectivity index (χ3n) is 3.17. The molecule has 2 aliphatic carbocycles. The lowest BCUT2D eigenvalue weighted by molar-refractivity contribution is -0.150. The van der Waals surface area contributed by atoms with Crippen molar-refractivity contribution in [3.05, 3.63) is 0 Å². The maximum Gasteiger partial charge on any atom is 0.264 e. The van der Waals surface area contributed by atoms with E-state index in [1.165, 1.54) is 0 Å². The minimum atomic E-state index is -0.747. The largest absolute Gasteiger partial charge is 0.290 e. The molecule has 0 saturated heterocycles. The van der Waals surface area contributed by atoms with E-state index in [-0.39, 0.29) is 11.8 Å². The monoisotopic (exact) mass is 180 g/mol. The summed E-state index contributed by atoms with van der Waals surface area (Å²) in [5.41, 5.74) is 0. The van der Waals surface area contributed by atoms with Crippen molar-refractivity contribution in [2.24, 2.45) is 11.8 Å². The number of Topliss-reactive ketones (excluding diaryl/α,β-unsaturated/α-hetero) is 3. The van der Waals surface area contributed by atoms with Crippen LogP contribution < -0.4 is 0 Å². The van der Waals surface area contributed by atoms with Gasteiger partial charge in [0.1, 0.15) is 0 Å². The summed E-state index contributed by atoms with van der Waals surface area (Å²) in [5, 5.41) is 0. The average Bonchev–Trinajstić information content (AvgIpc) is 2.15. The van der Waals surface area contributed by atoms with Crippen LogP contribution in [-0.2, 0) is 14.4 Å². The lowest BCUT2D eigenvalue weighted by Crippen LogP contribution is -2.42. The van der Waals surface area contributed by atoms with Crippen LogP contribution in [0.4, 0.5) is 0 Å². The van der Waals surface area contributed by atoms with Gasteiger partial charge in [-0.15, -0.1) is 0 Å².